The van der Waals surface area contributed by atoms with Gasteiger partial charge in [0.05, 0.1) is 17.5 Å². The van der Waals surface area contributed by atoms with Crippen molar-refractivity contribution < 1.29 is 54.4 Å². The Morgan fingerprint density at radius 3 is 2.60 bits per heavy atom. The number of benzene rings is 2. The smallest absolute Gasteiger partial charge is 0.220 e. The summed E-state index contributed by atoms with van der Waals surface area (Å²) >= 11 is 0. The number of H-pyrrole nitrogens is 1. The van der Waals surface area contributed by atoms with Crippen molar-refractivity contribution in [1.29, 1.82) is 0 Å². The summed E-state index contributed by atoms with van der Waals surface area (Å²) in [6, 6.07) is 11.0. The van der Waals surface area contributed by atoms with Gasteiger partial charge in [0.1, 0.15) is 59.4 Å². The Morgan fingerprint density at radius 2 is 1.88 bits per heavy atom. The molecule has 8 N–H and O–H groups in total. The van der Waals surface area contributed by atoms with E-state index in [1.807, 2.05) is 29.1 Å². The molecule has 3 aliphatic rings. The van der Waals surface area contributed by atoms with Crippen LogP contribution in [0.15, 0.2) is 76.2 Å². The molecule has 0 radical (unpaired) electrons. The number of aromatic nitrogens is 2. The number of phenolic OH excluding ortho intramolecular Hbond substituents is 1. The van der Waals surface area contributed by atoms with Crippen LogP contribution in [-0.2, 0) is 33.8 Å². The lowest BCUT2D eigenvalue weighted by Gasteiger charge is -2.47. The maximum absolute atomic E-state index is 13.6. The van der Waals surface area contributed by atoms with E-state index < -0.39 is 48.8 Å². The van der Waals surface area contributed by atoms with Gasteiger partial charge < -0.3 is 54.7 Å². The molecule has 1 aliphatic carbocycles. The summed E-state index contributed by atoms with van der Waals surface area (Å²) in [5.74, 6) is 0.789. The quantitative estimate of drug-likeness (QED) is 0.0489. The number of fused-ring (bicyclic) bond motifs is 3. The van der Waals surface area contributed by atoms with Crippen LogP contribution < -0.4 is 15.5 Å². The fraction of sp³-hybridized carbons (Fsp3) is 0.442. The molecule has 8 atom stereocenters. The number of aromatic hydroxyl groups is 1. The maximum Gasteiger partial charge on any atom is 0.220 e. The second-order valence-corrected chi connectivity index (χ2v) is 16.0. The molecule has 2 aromatic carbocycles. The van der Waals surface area contributed by atoms with Gasteiger partial charge in [-0.25, -0.2) is 9.78 Å². The third-order valence-corrected chi connectivity index (χ3v) is 12.1. The number of nitrogens with zero attached hydrogens (tertiary/aromatic N) is 1. The number of aliphatic hydroxyl groups is 5. The highest BCUT2D eigenvalue weighted by molar-refractivity contribution is 5.92. The maximum atomic E-state index is 13.6. The highest BCUT2D eigenvalue weighted by Gasteiger charge is 2.52. The van der Waals surface area contributed by atoms with E-state index in [-0.39, 0.29) is 41.8 Å². The number of phenols is 1. The van der Waals surface area contributed by atoms with Gasteiger partial charge in [0.2, 0.25) is 5.91 Å². The molecule has 15 nitrogen and oxygen atoms in total. The Bertz CT molecular complexity index is 2400. The zero-order valence-electron chi connectivity index (χ0n) is 32.3. The number of hydrogen-bond donors (Lipinski definition) is 8. The zero-order valence-corrected chi connectivity index (χ0v) is 32.3. The molecule has 58 heavy (non-hydrogen) atoms. The van der Waals surface area contributed by atoms with Crippen molar-refractivity contribution in [2.45, 2.75) is 88.0 Å². The van der Waals surface area contributed by atoms with Gasteiger partial charge in [-0.3, -0.25) is 9.59 Å². The van der Waals surface area contributed by atoms with Crippen LogP contribution in [0.25, 0.3) is 27.6 Å². The van der Waals surface area contributed by atoms with E-state index in [0.717, 1.165) is 16.6 Å². The van der Waals surface area contributed by atoms with Gasteiger partial charge in [-0.1, -0.05) is 31.2 Å². The number of amides is 1. The lowest BCUT2D eigenvalue weighted by Crippen LogP contribution is -2.58. The summed E-state index contributed by atoms with van der Waals surface area (Å²) in [5, 5.41) is 67.7. The van der Waals surface area contributed by atoms with Crippen LogP contribution in [0, 0.1) is 18.8 Å². The highest BCUT2D eigenvalue weighted by atomic mass is 17.2. The number of allylic oxidation sites excluding steroid dienone is 1. The summed E-state index contributed by atoms with van der Waals surface area (Å²) in [7, 11) is 0. The molecule has 5 heterocycles. The largest absolute Gasteiger partial charge is 0.508 e. The Balaban J connectivity index is 1.21. The van der Waals surface area contributed by atoms with Crippen molar-refractivity contribution in [2.75, 3.05) is 19.8 Å². The van der Waals surface area contributed by atoms with Crippen molar-refractivity contribution in [2.24, 2.45) is 11.8 Å². The van der Waals surface area contributed by atoms with Gasteiger partial charge in [0, 0.05) is 67.3 Å². The predicted octanol–water partition coefficient (Wildman–Crippen LogP) is 2.78. The first kappa shape index (κ1) is 39.8. The summed E-state index contributed by atoms with van der Waals surface area (Å²) in [4.78, 5) is 41.4. The Hall–Kier alpha value is -5.00. The average molecular weight is 800 g/mol. The van der Waals surface area contributed by atoms with Gasteiger partial charge in [0.15, 0.2) is 16.8 Å². The second-order valence-electron chi connectivity index (χ2n) is 16.0. The first-order valence-electron chi connectivity index (χ1n) is 19.7. The Kier molecular flexibility index (Phi) is 10.7. The number of ether oxygens (including phenoxy) is 1. The van der Waals surface area contributed by atoms with Gasteiger partial charge in [-0.2, -0.15) is 0 Å². The molecule has 0 bridgehead atoms. The number of nitrogens with one attached hydrogen (secondary N) is 2. The van der Waals surface area contributed by atoms with Crippen LogP contribution >= 0.6 is 0 Å². The van der Waals surface area contributed by atoms with Gasteiger partial charge in [-0.15, -0.1) is 0 Å². The Morgan fingerprint density at radius 1 is 1.09 bits per heavy atom. The van der Waals surface area contributed by atoms with E-state index in [1.54, 1.807) is 13.0 Å². The van der Waals surface area contributed by atoms with Crippen LogP contribution in [-0.4, -0.2) is 101 Å². The third kappa shape index (κ3) is 7.21. The summed E-state index contributed by atoms with van der Waals surface area (Å²) in [6.07, 6.45) is 3.00. The van der Waals surface area contributed by atoms with Crippen molar-refractivity contribution in [3.63, 3.8) is 0 Å². The number of aromatic amines is 1. The average Bonchev–Trinajstić information content (AvgIpc) is 3.94. The molecule has 3 aromatic heterocycles. The minimum atomic E-state index is -2.27. The first-order valence-corrected chi connectivity index (χ1v) is 19.7. The van der Waals surface area contributed by atoms with Crippen molar-refractivity contribution in [1.82, 2.24) is 14.9 Å². The first-order chi connectivity index (χ1) is 27.8. The topological polar surface area (TPSA) is 229 Å². The number of aliphatic hydroxyl groups excluding tert-OH is 4. The molecule has 2 aliphatic heterocycles. The van der Waals surface area contributed by atoms with E-state index in [0.29, 0.717) is 71.5 Å². The monoisotopic (exact) mass is 799 g/mol. The van der Waals surface area contributed by atoms with E-state index >= 15 is 0 Å². The van der Waals surface area contributed by atoms with E-state index in [4.69, 9.17) is 18.9 Å². The number of carbonyl (C=O) groups excluding carboxylic acids is 1. The van der Waals surface area contributed by atoms with E-state index in [2.05, 4.69) is 23.3 Å². The highest BCUT2D eigenvalue weighted by Crippen LogP contribution is 2.49. The van der Waals surface area contributed by atoms with Gasteiger partial charge in [-0.05, 0) is 61.4 Å². The molecule has 1 amide bonds. The standard InChI is InChI=1S/C43H49N3O12/c1-3-32-29-10-12-44-31(29)20-46(32)37-39-26(14-30-33(49)13-23(2)56-40(30)37)15-35(43(57-39)11-4-5-25(18-43)27-16-36(51)45-19-27)58-55-22-42(54,41(53)38(52)34(50)21-47)17-24-6-8-28(48)9-7-24/h4-10,12-14,20,25,27,34-35,38,41,44,47-48,50,52-54H,3,11,15-19,21-22H2,1-2H3,(H,45,51)/t25-,27+,34-,35-,38-,41+,42+,43-/m1/s1. The molecule has 308 valence electrons. The molecule has 5 aromatic rings. The number of carbonyl (C=O) groups is 1. The fourth-order valence-corrected chi connectivity index (χ4v) is 8.98. The molecule has 15 heteroatoms. The van der Waals surface area contributed by atoms with Crippen LogP contribution in [0.1, 0.15) is 48.8 Å². The molecule has 1 fully saturated rings. The number of aryl methyl sites for hydroxylation is 2. The minimum Gasteiger partial charge on any atom is -0.508 e. The van der Waals surface area contributed by atoms with E-state index in [9.17, 15) is 40.2 Å². The molecular weight excluding hydrogens is 750 g/mol. The second kappa shape index (κ2) is 15.6. The molecule has 8 rings (SSSR count). The lowest BCUT2D eigenvalue weighted by atomic mass is 9.71. The van der Waals surface area contributed by atoms with Crippen LogP contribution in [0.2, 0.25) is 0 Å². The predicted molar refractivity (Wildman–Crippen MR) is 211 cm³/mol. The van der Waals surface area contributed by atoms with Crippen LogP contribution in [0.3, 0.4) is 0 Å². The normalized spacial score (nSPS) is 24.4. The molecule has 0 unspecified atom stereocenters. The Labute approximate surface area is 333 Å². The SMILES string of the molecule is CCc1c2cc[nH]c2cn1-c1c2c(cc3c(=O)cc(C)oc13)C[C@@H](OOC[C@@](O)(Cc1ccc(O)cc1)[C@@H](O)[C@H](O)[C@H](O)CO)[C@]1(CC=C[C@@H]([C@@H]3CNC(=O)C3)C1)O2. The minimum absolute atomic E-state index is 0.00815. The molecule has 1 saturated heterocycles. The number of rotatable bonds is 13. The van der Waals surface area contributed by atoms with E-state index in [1.165, 1.54) is 30.3 Å². The van der Waals surface area contributed by atoms with Crippen molar-refractivity contribution >= 4 is 27.8 Å². The van der Waals surface area contributed by atoms with Crippen LogP contribution in [0.5, 0.6) is 11.5 Å². The van der Waals surface area contributed by atoms with Crippen LogP contribution in [0.4, 0.5) is 0 Å². The number of hydrogen-bond acceptors (Lipinski definition) is 12. The van der Waals surface area contributed by atoms with Crippen molar-refractivity contribution in [3.8, 4) is 17.2 Å². The molecule has 0 saturated carbocycles. The lowest BCUT2D eigenvalue weighted by molar-refractivity contribution is -0.373. The summed E-state index contributed by atoms with van der Waals surface area (Å²) in [5.41, 5.74) is 0.304. The summed E-state index contributed by atoms with van der Waals surface area (Å²) < 4.78 is 15.6. The van der Waals surface area contributed by atoms with Gasteiger partial charge >= 0.3 is 0 Å². The molecular formula is C43H49N3O12. The third-order valence-electron chi connectivity index (χ3n) is 12.1. The summed E-state index contributed by atoms with van der Waals surface area (Å²) in [6.45, 7) is 2.70. The zero-order chi connectivity index (χ0) is 40.9. The fourth-order valence-electron chi connectivity index (χ4n) is 8.98. The van der Waals surface area contributed by atoms with Crippen molar-refractivity contribution in [3.05, 3.63) is 99.8 Å². The van der Waals surface area contributed by atoms with Gasteiger partial charge in [0.25, 0.3) is 0 Å². The molecule has 1 spiro atoms.